The van der Waals surface area contributed by atoms with Crippen LogP contribution in [0.5, 0.6) is 0 Å². The van der Waals surface area contributed by atoms with Crippen molar-refractivity contribution < 1.29 is 9.59 Å². The summed E-state index contributed by atoms with van der Waals surface area (Å²) in [6, 6.07) is 15.1. The van der Waals surface area contributed by atoms with Crippen LogP contribution in [-0.4, -0.2) is 17.6 Å². The molecule has 0 aliphatic carbocycles. The number of amides is 2. The van der Waals surface area contributed by atoms with Gasteiger partial charge >= 0.3 is 0 Å². The summed E-state index contributed by atoms with van der Waals surface area (Å²) in [4.78, 5) is 24.4. The van der Waals surface area contributed by atoms with Gasteiger partial charge in [0.25, 0.3) is 0 Å². The Labute approximate surface area is 126 Å². The summed E-state index contributed by atoms with van der Waals surface area (Å²) < 4.78 is 0. The normalized spacial score (nSPS) is 13.2. The second kappa shape index (κ2) is 6.01. The third kappa shape index (κ3) is 3.44. The van der Waals surface area contributed by atoms with Crippen molar-refractivity contribution in [2.75, 3.05) is 16.4 Å². The van der Waals surface area contributed by atoms with Crippen molar-refractivity contribution in [1.29, 1.82) is 0 Å². The van der Waals surface area contributed by atoms with Gasteiger partial charge in [-0.1, -0.05) is 30.3 Å². The Morgan fingerprint density at radius 3 is 2.81 bits per heavy atom. The average molecular weight is 298 g/mol. The molecule has 5 heteroatoms. The van der Waals surface area contributed by atoms with Crippen LogP contribution in [0, 0.1) is 0 Å². The number of thioether (sulfide) groups is 1. The number of rotatable bonds is 3. The maximum absolute atomic E-state index is 12.0. The number of nitrogens with one attached hydrogen (secondary N) is 2. The molecule has 0 atom stereocenters. The van der Waals surface area contributed by atoms with E-state index in [1.165, 1.54) is 11.8 Å². The molecular weight excluding hydrogens is 284 g/mol. The van der Waals surface area contributed by atoms with Crippen LogP contribution in [0.1, 0.15) is 5.56 Å². The molecule has 0 unspecified atom stereocenters. The highest BCUT2D eigenvalue weighted by Gasteiger charge is 2.15. The van der Waals surface area contributed by atoms with E-state index < -0.39 is 0 Å². The second-order valence-corrected chi connectivity index (χ2v) is 5.78. The first-order valence-corrected chi connectivity index (χ1v) is 7.60. The van der Waals surface area contributed by atoms with E-state index in [1.54, 1.807) is 6.07 Å². The van der Waals surface area contributed by atoms with Gasteiger partial charge in [0.15, 0.2) is 0 Å². The van der Waals surface area contributed by atoms with E-state index in [0.29, 0.717) is 17.9 Å². The molecular formula is C16H14N2O2S. The molecule has 21 heavy (non-hydrogen) atoms. The Balaban J connectivity index is 1.69. The van der Waals surface area contributed by atoms with Gasteiger partial charge in [0, 0.05) is 10.6 Å². The molecule has 0 spiro atoms. The van der Waals surface area contributed by atoms with E-state index in [1.807, 2.05) is 42.5 Å². The lowest BCUT2D eigenvalue weighted by Crippen LogP contribution is -2.19. The molecule has 0 saturated heterocycles. The maximum Gasteiger partial charge on any atom is 0.234 e. The molecule has 2 aromatic rings. The van der Waals surface area contributed by atoms with E-state index in [4.69, 9.17) is 0 Å². The number of carbonyl (C=O) groups excluding carboxylic acids is 2. The average Bonchev–Trinajstić information content (AvgIpc) is 2.47. The lowest BCUT2D eigenvalue weighted by Gasteiger charge is -2.17. The Morgan fingerprint density at radius 2 is 2.00 bits per heavy atom. The summed E-state index contributed by atoms with van der Waals surface area (Å²) >= 11 is 1.50. The van der Waals surface area contributed by atoms with E-state index in [-0.39, 0.29) is 11.8 Å². The standard InChI is InChI=1S/C16H14N2O2S/c19-15(8-11-4-2-1-3-5-11)17-12-6-7-14-13(9-12)18-16(20)10-21-14/h1-7,9H,8,10H2,(H,17,19)(H,18,20). The van der Waals surface area contributed by atoms with Crippen molar-refractivity contribution in [3.8, 4) is 0 Å². The van der Waals surface area contributed by atoms with Crippen molar-refractivity contribution in [2.24, 2.45) is 0 Å². The van der Waals surface area contributed by atoms with Crippen molar-refractivity contribution in [3.05, 3.63) is 54.1 Å². The Morgan fingerprint density at radius 1 is 1.19 bits per heavy atom. The summed E-state index contributed by atoms with van der Waals surface area (Å²) in [6.07, 6.45) is 0.332. The van der Waals surface area contributed by atoms with Crippen LogP contribution in [0.4, 0.5) is 11.4 Å². The van der Waals surface area contributed by atoms with Crippen LogP contribution in [0.2, 0.25) is 0 Å². The number of hydrogen-bond acceptors (Lipinski definition) is 3. The molecule has 1 heterocycles. The number of benzene rings is 2. The Kier molecular flexibility index (Phi) is 3.92. The van der Waals surface area contributed by atoms with E-state index in [2.05, 4.69) is 10.6 Å². The highest BCUT2D eigenvalue weighted by Crippen LogP contribution is 2.33. The summed E-state index contributed by atoms with van der Waals surface area (Å²) in [5.41, 5.74) is 2.42. The third-order valence-corrected chi connectivity index (χ3v) is 4.18. The molecule has 0 radical (unpaired) electrons. The fraction of sp³-hybridized carbons (Fsp3) is 0.125. The number of carbonyl (C=O) groups is 2. The molecule has 2 aromatic carbocycles. The van der Waals surface area contributed by atoms with Crippen LogP contribution < -0.4 is 10.6 Å². The van der Waals surface area contributed by atoms with Gasteiger partial charge in [-0.2, -0.15) is 0 Å². The second-order valence-electron chi connectivity index (χ2n) is 4.76. The van der Waals surface area contributed by atoms with E-state index in [9.17, 15) is 9.59 Å². The molecule has 0 fully saturated rings. The van der Waals surface area contributed by atoms with Gasteiger partial charge in [-0.15, -0.1) is 11.8 Å². The first kappa shape index (κ1) is 13.7. The topological polar surface area (TPSA) is 58.2 Å². The zero-order valence-corrected chi connectivity index (χ0v) is 12.1. The first-order valence-electron chi connectivity index (χ1n) is 6.61. The number of fused-ring (bicyclic) bond motifs is 1. The first-order chi connectivity index (χ1) is 10.2. The van der Waals surface area contributed by atoms with Crippen LogP contribution in [0.3, 0.4) is 0 Å². The molecule has 2 N–H and O–H groups in total. The van der Waals surface area contributed by atoms with Gasteiger partial charge in [0.05, 0.1) is 17.9 Å². The van der Waals surface area contributed by atoms with E-state index >= 15 is 0 Å². The van der Waals surface area contributed by atoms with E-state index in [0.717, 1.165) is 16.1 Å². The Bertz CT molecular complexity index is 686. The zero-order valence-electron chi connectivity index (χ0n) is 11.3. The molecule has 0 saturated carbocycles. The number of hydrogen-bond donors (Lipinski definition) is 2. The Hall–Kier alpha value is -2.27. The number of anilines is 2. The van der Waals surface area contributed by atoms with Crippen LogP contribution >= 0.6 is 11.8 Å². The SMILES string of the molecule is O=C(Cc1ccccc1)Nc1ccc2c(c1)NC(=O)CS2. The molecule has 0 bridgehead atoms. The van der Waals surface area contributed by atoms with Gasteiger partial charge in [0.1, 0.15) is 0 Å². The van der Waals surface area contributed by atoms with Crippen LogP contribution in [0.15, 0.2) is 53.4 Å². The predicted molar refractivity (Wildman–Crippen MR) is 84.6 cm³/mol. The van der Waals surface area contributed by atoms with Gasteiger partial charge in [-0.3, -0.25) is 9.59 Å². The van der Waals surface area contributed by atoms with Gasteiger partial charge in [-0.05, 0) is 23.8 Å². The van der Waals surface area contributed by atoms with Gasteiger partial charge in [0.2, 0.25) is 11.8 Å². The molecule has 2 amide bonds. The fourth-order valence-electron chi connectivity index (χ4n) is 2.15. The van der Waals surface area contributed by atoms with Crippen molar-refractivity contribution in [2.45, 2.75) is 11.3 Å². The molecule has 106 valence electrons. The van der Waals surface area contributed by atoms with Gasteiger partial charge in [-0.25, -0.2) is 0 Å². The quantitative estimate of drug-likeness (QED) is 0.916. The maximum atomic E-state index is 12.0. The fourth-order valence-corrected chi connectivity index (χ4v) is 2.94. The zero-order chi connectivity index (χ0) is 14.7. The van der Waals surface area contributed by atoms with Crippen LogP contribution in [-0.2, 0) is 16.0 Å². The summed E-state index contributed by atoms with van der Waals surface area (Å²) in [6.45, 7) is 0. The van der Waals surface area contributed by atoms with Crippen molar-refractivity contribution >= 4 is 35.0 Å². The largest absolute Gasteiger partial charge is 0.326 e. The molecule has 3 rings (SSSR count). The third-order valence-electron chi connectivity index (χ3n) is 3.10. The molecule has 4 nitrogen and oxygen atoms in total. The lowest BCUT2D eigenvalue weighted by atomic mass is 10.1. The lowest BCUT2D eigenvalue weighted by molar-refractivity contribution is -0.115. The van der Waals surface area contributed by atoms with Crippen molar-refractivity contribution in [3.63, 3.8) is 0 Å². The smallest absolute Gasteiger partial charge is 0.234 e. The summed E-state index contributed by atoms with van der Waals surface area (Å²) in [5.74, 6) is 0.350. The van der Waals surface area contributed by atoms with Gasteiger partial charge < -0.3 is 10.6 Å². The predicted octanol–water partition coefficient (Wildman–Crippen LogP) is 2.91. The minimum Gasteiger partial charge on any atom is -0.326 e. The summed E-state index contributed by atoms with van der Waals surface area (Å²) in [7, 11) is 0. The highest BCUT2D eigenvalue weighted by atomic mass is 32.2. The van der Waals surface area contributed by atoms with Crippen LogP contribution in [0.25, 0.3) is 0 Å². The minimum atomic E-state index is -0.0732. The molecule has 1 aliphatic heterocycles. The highest BCUT2D eigenvalue weighted by molar-refractivity contribution is 8.00. The van der Waals surface area contributed by atoms with Crippen molar-refractivity contribution in [1.82, 2.24) is 0 Å². The minimum absolute atomic E-state index is 0.0136. The monoisotopic (exact) mass is 298 g/mol. The molecule has 0 aromatic heterocycles. The summed E-state index contributed by atoms with van der Waals surface area (Å²) in [5, 5.41) is 5.67. The molecule has 1 aliphatic rings.